The molecule has 3 rings (SSSR count). The Balaban J connectivity index is 1.86. The van der Waals surface area contributed by atoms with Gasteiger partial charge in [-0.3, -0.25) is 15.2 Å². The first-order chi connectivity index (χ1) is 14.6. The highest BCUT2D eigenvalue weighted by Gasteiger charge is 2.33. The maximum absolute atomic E-state index is 12.8. The summed E-state index contributed by atoms with van der Waals surface area (Å²) in [5.74, 6) is -0.772. The van der Waals surface area contributed by atoms with Crippen molar-refractivity contribution >= 4 is 40.9 Å². The number of carbonyl (C=O) groups excluding carboxylic acids is 1. The van der Waals surface area contributed by atoms with Crippen LogP contribution in [0.25, 0.3) is 0 Å². The number of nitrogens with zero attached hydrogens (tertiary/aromatic N) is 2. The van der Waals surface area contributed by atoms with Crippen LogP contribution in [-0.4, -0.2) is 22.1 Å². The number of benzene rings is 2. The third kappa shape index (κ3) is 6.22. The van der Waals surface area contributed by atoms with Gasteiger partial charge in [0.05, 0.1) is 6.04 Å². The van der Waals surface area contributed by atoms with Gasteiger partial charge in [-0.15, -0.1) is 0 Å². The molecular weight excluding hydrogens is 454 g/mol. The fraction of sp³-hybridized carbons (Fsp3) is 0.150. The number of rotatable bonds is 4. The number of hydrogen-bond acceptors (Lipinski definition) is 3. The van der Waals surface area contributed by atoms with Crippen LogP contribution in [0.1, 0.15) is 34.6 Å². The normalized spacial score (nSPS) is 13.0. The van der Waals surface area contributed by atoms with Crippen LogP contribution in [0.5, 0.6) is 0 Å². The summed E-state index contributed by atoms with van der Waals surface area (Å²) >= 11 is 11.7. The highest BCUT2D eigenvalue weighted by Crippen LogP contribution is 2.28. The van der Waals surface area contributed by atoms with E-state index in [0.29, 0.717) is 10.0 Å². The first kappa shape index (κ1) is 22.6. The molecule has 1 atom stereocenters. The van der Waals surface area contributed by atoms with Crippen molar-refractivity contribution in [2.45, 2.75) is 19.1 Å². The van der Waals surface area contributed by atoms with Crippen LogP contribution in [0.15, 0.2) is 59.6 Å². The van der Waals surface area contributed by atoms with Gasteiger partial charge in [-0.05, 0) is 48.9 Å². The molecule has 1 amide bonds. The van der Waals surface area contributed by atoms with E-state index in [-0.39, 0.29) is 17.3 Å². The molecule has 0 aliphatic heterocycles. The third-order valence-electron chi connectivity index (χ3n) is 4.14. The predicted octanol–water partition coefficient (Wildman–Crippen LogP) is 5.69. The van der Waals surface area contributed by atoms with Gasteiger partial charge in [0.2, 0.25) is 5.96 Å². The lowest BCUT2D eigenvalue weighted by Gasteiger charge is -2.14. The minimum absolute atomic E-state index is 0.0809. The van der Waals surface area contributed by atoms with Crippen molar-refractivity contribution in [3.63, 3.8) is 0 Å². The van der Waals surface area contributed by atoms with Gasteiger partial charge in [0.25, 0.3) is 5.91 Å². The summed E-state index contributed by atoms with van der Waals surface area (Å²) in [6.45, 7) is 1.76. The summed E-state index contributed by atoms with van der Waals surface area (Å²) in [7, 11) is 0. The van der Waals surface area contributed by atoms with Crippen molar-refractivity contribution in [3.05, 3.63) is 81.5 Å². The first-order valence-electron chi connectivity index (χ1n) is 8.91. The van der Waals surface area contributed by atoms with Gasteiger partial charge in [-0.2, -0.15) is 18.3 Å². The zero-order valence-corrected chi connectivity index (χ0v) is 17.5. The van der Waals surface area contributed by atoms with E-state index in [0.717, 1.165) is 11.6 Å². The van der Waals surface area contributed by atoms with E-state index in [9.17, 15) is 18.0 Å². The molecule has 3 aromatic rings. The number of carbonyl (C=O) groups is 1. The Morgan fingerprint density at radius 2 is 1.65 bits per heavy atom. The molecule has 3 N–H and O–H groups in total. The number of aliphatic imine (C=N–C) groups is 1. The summed E-state index contributed by atoms with van der Waals surface area (Å²) in [5.41, 5.74) is 0.0302. The minimum Gasteiger partial charge on any atom is -0.309 e. The summed E-state index contributed by atoms with van der Waals surface area (Å²) in [6.07, 6.45) is -4.59. The zero-order chi connectivity index (χ0) is 22.6. The molecule has 0 aliphatic carbocycles. The molecule has 0 fully saturated rings. The lowest BCUT2D eigenvalue weighted by molar-refractivity contribution is -0.141. The molecule has 0 spiro atoms. The molecule has 1 unspecified atom stereocenters. The lowest BCUT2D eigenvalue weighted by atomic mass is 10.1. The van der Waals surface area contributed by atoms with Crippen LogP contribution < -0.4 is 10.6 Å². The number of amides is 1. The van der Waals surface area contributed by atoms with Gasteiger partial charge in [0.15, 0.2) is 5.82 Å². The van der Waals surface area contributed by atoms with Crippen LogP contribution in [0.4, 0.5) is 19.0 Å². The number of aromatic nitrogens is 2. The van der Waals surface area contributed by atoms with Gasteiger partial charge < -0.3 is 5.32 Å². The van der Waals surface area contributed by atoms with E-state index in [1.54, 1.807) is 43.3 Å². The highest BCUT2D eigenvalue weighted by molar-refractivity contribution is 6.31. The Labute approximate surface area is 185 Å². The van der Waals surface area contributed by atoms with E-state index in [1.807, 2.05) is 5.10 Å². The van der Waals surface area contributed by atoms with Crippen LogP contribution in [0.3, 0.4) is 0 Å². The standard InChI is InChI=1S/C20H16Cl2F3N5O/c1-11(12-2-6-14(21)7-3-12)26-19(27-17-10-16(29-30-17)20(23,24)25)28-18(31)13-4-8-15(22)9-5-13/h2-11H,1H3,(H3,26,27,28,29,30,31). The number of nitrogens with one attached hydrogen (secondary N) is 3. The molecular formula is C20H16Cl2F3N5O. The fourth-order valence-electron chi connectivity index (χ4n) is 2.54. The molecule has 0 saturated carbocycles. The molecule has 1 aromatic heterocycles. The minimum atomic E-state index is -4.59. The van der Waals surface area contributed by atoms with Crippen molar-refractivity contribution in [1.82, 2.24) is 15.5 Å². The number of anilines is 1. The number of hydrogen-bond donors (Lipinski definition) is 3. The molecule has 6 nitrogen and oxygen atoms in total. The van der Waals surface area contributed by atoms with Crippen LogP contribution in [0.2, 0.25) is 10.0 Å². The largest absolute Gasteiger partial charge is 0.432 e. The lowest BCUT2D eigenvalue weighted by Crippen LogP contribution is -2.36. The summed E-state index contributed by atoms with van der Waals surface area (Å²) in [5, 5.41) is 11.7. The number of aromatic amines is 1. The molecule has 0 radical (unpaired) electrons. The molecule has 1 heterocycles. The van der Waals surface area contributed by atoms with E-state index >= 15 is 0 Å². The Morgan fingerprint density at radius 1 is 1.06 bits per heavy atom. The second kappa shape index (κ2) is 9.40. The van der Waals surface area contributed by atoms with Crippen molar-refractivity contribution in [3.8, 4) is 0 Å². The quantitative estimate of drug-likeness (QED) is 0.338. The van der Waals surface area contributed by atoms with Gasteiger partial charge in [0, 0.05) is 21.7 Å². The van der Waals surface area contributed by atoms with Crippen LogP contribution in [0, 0.1) is 0 Å². The van der Waals surface area contributed by atoms with E-state index in [4.69, 9.17) is 23.2 Å². The highest BCUT2D eigenvalue weighted by atomic mass is 35.5. The number of H-pyrrole nitrogens is 1. The molecule has 0 saturated heterocycles. The summed E-state index contributed by atoms with van der Waals surface area (Å²) in [4.78, 5) is 17.0. The Hall–Kier alpha value is -3.04. The van der Waals surface area contributed by atoms with Gasteiger partial charge in [-0.1, -0.05) is 35.3 Å². The van der Waals surface area contributed by atoms with E-state index in [1.165, 1.54) is 12.1 Å². The number of alkyl halides is 3. The Morgan fingerprint density at radius 3 is 2.19 bits per heavy atom. The van der Waals surface area contributed by atoms with Crippen LogP contribution >= 0.6 is 23.2 Å². The topological polar surface area (TPSA) is 82.2 Å². The monoisotopic (exact) mass is 469 g/mol. The maximum Gasteiger partial charge on any atom is 0.432 e. The van der Waals surface area contributed by atoms with Crippen molar-refractivity contribution in [2.75, 3.05) is 5.32 Å². The molecule has 0 aliphatic rings. The van der Waals surface area contributed by atoms with E-state index < -0.39 is 23.8 Å². The van der Waals surface area contributed by atoms with Crippen molar-refractivity contribution in [1.29, 1.82) is 0 Å². The first-order valence-corrected chi connectivity index (χ1v) is 9.67. The Kier molecular flexibility index (Phi) is 6.87. The molecule has 2 aromatic carbocycles. The Bertz CT molecular complexity index is 1080. The second-order valence-corrected chi connectivity index (χ2v) is 7.33. The van der Waals surface area contributed by atoms with E-state index in [2.05, 4.69) is 20.7 Å². The molecule has 31 heavy (non-hydrogen) atoms. The van der Waals surface area contributed by atoms with Gasteiger partial charge in [0.1, 0.15) is 5.69 Å². The zero-order valence-electron chi connectivity index (χ0n) is 16.0. The predicted molar refractivity (Wildman–Crippen MR) is 113 cm³/mol. The maximum atomic E-state index is 12.8. The second-order valence-electron chi connectivity index (χ2n) is 6.46. The average Bonchev–Trinajstić information content (AvgIpc) is 3.18. The number of halogens is 5. The summed E-state index contributed by atoms with van der Waals surface area (Å²) in [6, 6.07) is 13.3. The molecule has 11 heteroatoms. The van der Waals surface area contributed by atoms with Crippen molar-refractivity contribution < 1.29 is 18.0 Å². The van der Waals surface area contributed by atoms with Crippen molar-refractivity contribution in [2.24, 2.45) is 4.99 Å². The van der Waals surface area contributed by atoms with Gasteiger partial charge in [-0.25, -0.2) is 4.99 Å². The van der Waals surface area contributed by atoms with Crippen LogP contribution in [-0.2, 0) is 6.18 Å². The average molecular weight is 470 g/mol. The van der Waals surface area contributed by atoms with Gasteiger partial charge >= 0.3 is 6.18 Å². The fourth-order valence-corrected chi connectivity index (χ4v) is 2.79. The number of guanidine groups is 1. The summed E-state index contributed by atoms with van der Waals surface area (Å²) < 4.78 is 38.5. The smallest absolute Gasteiger partial charge is 0.309 e. The molecule has 0 bridgehead atoms. The third-order valence-corrected chi connectivity index (χ3v) is 4.65. The molecule has 162 valence electrons. The SMILES string of the molecule is CC(N=C(NC(=O)c1ccc(Cl)cc1)Nc1cc(C(F)(F)F)[nH]n1)c1ccc(Cl)cc1.